The minimum atomic E-state index is -0.00352. The average molecular weight is 514 g/mol. The van der Waals surface area contributed by atoms with Gasteiger partial charge in [0.1, 0.15) is 5.75 Å². The van der Waals surface area contributed by atoms with Gasteiger partial charge in [0, 0.05) is 50.5 Å². The number of aromatic nitrogens is 2. The molecule has 0 aliphatic rings. The second-order valence-electron chi connectivity index (χ2n) is 8.47. The van der Waals surface area contributed by atoms with E-state index in [0.29, 0.717) is 6.61 Å². The molecule has 2 aromatic carbocycles. The molecule has 0 bridgehead atoms. The Balaban J connectivity index is 0.00000216. The van der Waals surface area contributed by atoms with E-state index >= 15 is 0 Å². The summed E-state index contributed by atoms with van der Waals surface area (Å²) in [4.78, 5) is 18.6. The first-order chi connectivity index (χ1) is 16.1. The zero-order chi connectivity index (χ0) is 23.0. The van der Waals surface area contributed by atoms with E-state index in [1.54, 1.807) is 17.7 Å². The van der Waals surface area contributed by atoms with Crippen molar-refractivity contribution in [3.63, 3.8) is 0 Å². The molecule has 5 nitrogen and oxygen atoms in total. The largest absolute Gasteiger partial charge is 0.494 e. The molecule has 0 saturated heterocycles. The third kappa shape index (κ3) is 7.82. The van der Waals surface area contributed by atoms with Gasteiger partial charge in [0.2, 0.25) is 0 Å². The van der Waals surface area contributed by atoms with Gasteiger partial charge in [-0.15, -0.1) is 24.8 Å². The molecule has 4 aromatic rings. The van der Waals surface area contributed by atoms with Crippen molar-refractivity contribution >= 4 is 35.7 Å². The van der Waals surface area contributed by atoms with Crippen LogP contribution in [0.5, 0.6) is 5.75 Å². The maximum Gasteiger partial charge on any atom is 0.250 e. The summed E-state index contributed by atoms with van der Waals surface area (Å²) in [7, 11) is 1.79. The zero-order valence-electron chi connectivity index (χ0n) is 20.2. The summed E-state index contributed by atoms with van der Waals surface area (Å²) in [6.45, 7) is 5.68. The second kappa shape index (κ2) is 13.9. The van der Waals surface area contributed by atoms with Crippen LogP contribution in [0, 0.1) is 6.92 Å². The lowest BCUT2D eigenvalue weighted by molar-refractivity contribution is 0.229. The summed E-state index contributed by atoms with van der Waals surface area (Å²) in [6.07, 6.45) is 5.68. The number of halogens is 2. The predicted octanol–water partition coefficient (Wildman–Crippen LogP) is 5.60. The van der Waals surface area contributed by atoms with Crippen LogP contribution >= 0.6 is 24.8 Å². The molecule has 0 radical (unpaired) electrons. The number of rotatable bonds is 10. The lowest BCUT2D eigenvalue weighted by atomic mass is 10.1. The first-order valence-electron chi connectivity index (χ1n) is 11.5. The highest BCUT2D eigenvalue weighted by Gasteiger charge is 2.09. The van der Waals surface area contributed by atoms with Gasteiger partial charge in [0.15, 0.2) is 0 Å². The Labute approximate surface area is 219 Å². The molecule has 0 amide bonds. The van der Waals surface area contributed by atoms with E-state index in [2.05, 4.69) is 47.1 Å². The maximum atomic E-state index is 11.8. The molecule has 7 heteroatoms. The van der Waals surface area contributed by atoms with Crippen LogP contribution in [0.3, 0.4) is 0 Å². The third-order valence-electron chi connectivity index (χ3n) is 6.08. The van der Waals surface area contributed by atoms with Crippen molar-refractivity contribution in [2.24, 2.45) is 7.05 Å². The summed E-state index contributed by atoms with van der Waals surface area (Å²) in [5, 5.41) is 1.01. The zero-order valence-corrected chi connectivity index (χ0v) is 21.9. The van der Waals surface area contributed by atoms with Gasteiger partial charge < -0.3 is 9.30 Å². The molecule has 0 unspecified atom stereocenters. The Bertz CT molecular complexity index is 1260. The van der Waals surface area contributed by atoms with Crippen LogP contribution in [0.15, 0.2) is 83.9 Å². The second-order valence-corrected chi connectivity index (χ2v) is 8.47. The van der Waals surface area contributed by atoms with E-state index in [9.17, 15) is 4.79 Å². The first-order valence-corrected chi connectivity index (χ1v) is 11.5. The minimum absolute atomic E-state index is 0. The molecule has 0 fully saturated rings. The Morgan fingerprint density at radius 3 is 2.57 bits per heavy atom. The molecule has 0 N–H and O–H groups in total. The van der Waals surface area contributed by atoms with Gasteiger partial charge in [-0.1, -0.05) is 30.3 Å². The van der Waals surface area contributed by atoms with Crippen molar-refractivity contribution in [2.45, 2.75) is 26.3 Å². The molecule has 0 saturated carbocycles. The number of hydrogen-bond acceptors (Lipinski definition) is 4. The van der Waals surface area contributed by atoms with Gasteiger partial charge in [-0.2, -0.15) is 0 Å². The Kier molecular flexibility index (Phi) is 11.3. The summed E-state index contributed by atoms with van der Waals surface area (Å²) >= 11 is 0. The van der Waals surface area contributed by atoms with Gasteiger partial charge in [0.25, 0.3) is 5.56 Å². The van der Waals surface area contributed by atoms with Crippen molar-refractivity contribution < 1.29 is 4.74 Å². The van der Waals surface area contributed by atoms with Crippen LogP contribution in [-0.4, -0.2) is 34.1 Å². The molecule has 0 spiro atoms. The summed E-state index contributed by atoms with van der Waals surface area (Å²) in [5.41, 5.74) is 4.86. The lowest BCUT2D eigenvalue weighted by Crippen LogP contribution is -2.28. The van der Waals surface area contributed by atoms with E-state index in [4.69, 9.17) is 4.74 Å². The van der Waals surface area contributed by atoms with Crippen LogP contribution in [-0.2, 0) is 20.0 Å². The van der Waals surface area contributed by atoms with Gasteiger partial charge in [0.05, 0.1) is 12.1 Å². The van der Waals surface area contributed by atoms with Crippen LogP contribution in [0.4, 0.5) is 0 Å². The predicted molar refractivity (Wildman–Crippen MR) is 148 cm³/mol. The molecule has 35 heavy (non-hydrogen) atoms. The molecule has 186 valence electrons. The SMILES string of the molecule is Cc1ccccc1CN(CCCOc1ccc2c(ccc(=O)n2C)c1)CCc1cccnc1.Cl.Cl. The fourth-order valence-electron chi connectivity index (χ4n) is 4.06. The molecule has 0 aliphatic carbocycles. The van der Waals surface area contributed by atoms with E-state index in [1.807, 2.05) is 42.7 Å². The Hall–Kier alpha value is -2.86. The number of aryl methyl sites for hydroxylation is 2. The van der Waals surface area contributed by atoms with Gasteiger partial charge in [-0.3, -0.25) is 14.7 Å². The summed E-state index contributed by atoms with van der Waals surface area (Å²) in [5.74, 6) is 0.835. The third-order valence-corrected chi connectivity index (χ3v) is 6.08. The molecule has 0 aliphatic heterocycles. The number of nitrogens with zero attached hydrogens (tertiary/aromatic N) is 3. The monoisotopic (exact) mass is 513 g/mol. The molecule has 4 rings (SSSR count). The lowest BCUT2D eigenvalue weighted by Gasteiger charge is -2.23. The standard InChI is InChI=1S/C28H31N3O2.2ClH/c1-22-7-3-4-9-25(22)21-31(17-14-23-8-5-15-29-20-23)16-6-18-33-26-11-12-27-24(19-26)10-13-28(32)30(27)2;;/h3-5,7-13,15,19-20H,6,14,16-18,21H2,1-2H3;2*1H. The number of fused-ring (bicyclic) bond motifs is 1. The summed E-state index contributed by atoms with van der Waals surface area (Å²) < 4.78 is 7.70. The highest BCUT2D eigenvalue weighted by molar-refractivity contribution is 5.85. The Morgan fingerprint density at radius 2 is 1.80 bits per heavy atom. The summed E-state index contributed by atoms with van der Waals surface area (Å²) in [6, 6.07) is 22.1. The topological polar surface area (TPSA) is 47.4 Å². The number of benzene rings is 2. The maximum absolute atomic E-state index is 11.8. The quantitative estimate of drug-likeness (QED) is 0.259. The highest BCUT2D eigenvalue weighted by Crippen LogP contribution is 2.19. The van der Waals surface area contributed by atoms with Crippen LogP contribution in [0.2, 0.25) is 0 Å². The van der Waals surface area contributed by atoms with Gasteiger partial charge in [-0.05, 0) is 66.8 Å². The molecular weight excluding hydrogens is 481 g/mol. The van der Waals surface area contributed by atoms with Crippen LogP contribution in [0.25, 0.3) is 10.9 Å². The number of ether oxygens (including phenoxy) is 1. The van der Waals surface area contributed by atoms with Crippen molar-refractivity contribution in [1.29, 1.82) is 0 Å². The van der Waals surface area contributed by atoms with Crippen molar-refractivity contribution in [1.82, 2.24) is 14.5 Å². The van der Waals surface area contributed by atoms with E-state index in [-0.39, 0.29) is 30.4 Å². The van der Waals surface area contributed by atoms with Crippen molar-refractivity contribution in [3.8, 4) is 5.75 Å². The fourth-order valence-corrected chi connectivity index (χ4v) is 4.06. The smallest absolute Gasteiger partial charge is 0.250 e. The fraction of sp³-hybridized carbons (Fsp3) is 0.286. The normalized spacial score (nSPS) is 10.6. The average Bonchev–Trinajstić information content (AvgIpc) is 2.84. The molecular formula is C28H33Cl2N3O2. The van der Waals surface area contributed by atoms with Crippen molar-refractivity contribution in [2.75, 3.05) is 19.7 Å². The van der Waals surface area contributed by atoms with Crippen molar-refractivity contribution in [3.05, 3.63) is 106 Å². The van der Waals surface area contributed by atoms with E-state index in [0.717, 1.165) is 49.1 Å². The number of hydrogen-bond donors (Lipinski definition) is 0. The Morgan fingerprint density at radius 1 is 0.971 bits per heavy atom. The van der Waals surface area contributed by atoms with Crippen LogP contribution in [0.1, 0.15) is 23.1 Å². The minimum Gasteiger partial charge on any atom is -0.494 e. The van der Waals surface area contributed by atoms with Gasteiger partial charge in [-0.25, -0.2) is 0 Å². The van der Waals surface area contributed by atoms with E-state index < -0.39 is 0 Å². The number of pyridine rings is 2. The highest BCUT2D eigenvalue weighted by atomic mass is 35.5. The molecule has 0 atom stereocenters. The van der Waals surface area contributed by atoms with Crippen LogP contribution < -0.4 is 10.3 Å². The molecule has 2 aromatic heterocycles. The molecule has 2 heterocycles. The van der Waals surface area contributed by atoms with Gasteiger partial charge >= 0.3 is 0 Å². The van der Waals surface area contributed by atoms with E-state index in [1.165, 1.54) is 16.7 Å². The first kappa shape index (κ1) is 28.4.